The predicted molar refractivity (Wildman–Crippen MR) is 117 cm³/mol. The van der Waals surface area contributed by atoms with Gasteiger partial charge in [-0.1, -0.05) is 24.3 Å². The SMILES string of the molecule is CN1CCN(CC(=O)N2CCC(c3cccc(CC(C)(C)OC(N)=O)c3)CC2)CC1. The maximum atomic E-state index is 12.7. The van der Waals surface area contributed by atoms with E-state index >= 15 is 0 Å². The maximum absolute atomic E-state index is 12.7. The van der Waals surface area contributed by atoms with Crippen LogP contribution in [-0.2, 0) is 16.0 Å². The van der Waals surface area contributed by atoms with Gasteiger partial charge in [0.1, 0.15) is 5.60 Å². The van der Waals surface area contributed by atoms with Crippen molar-refractivity contribution < 1.29 is 14.3 Å². The van der Waals surface area contributed by atoms with Gasteiger partial charge in [0.25, 0.3) is 0 Å². The van der Waals surface area contributed by atoms with Gasteiger partial charge in [-0.05, 0) is 50.8 Å². The smallest absolute Gasteiger partial charge is 0.405 e. The van der Waals surface area contributed by atoms with Crippen molar-refractivity contribution >= 4 is 12.0 Å². The van der Waals surface area contributed by atoms with Crippen LogP contribution in [0.1, 0.15) is 43.7 Å². The zero-order valence-electron chi connectivity index (χ0n) is 18.6. The van der Waals surface area contributed by atoms with Crippen LogP contribution in [0.3, 0.4) is 0 Å². The van der Waals surface area contributed by atoms with Gasteiger partial charge >= 0.3 is 6.09 Å². The van der Waals surface area contributed by atoms with Gasteiger partial charge < -0.3 is 20.3 Å². The molecule has 0 aromatic heterocycles. The molecule has 7 nitrogen and oxygen atoms in total. The molecular formula is C23H36N4O3. The lowest BCUT2D eigenvalue weighted by molar-refractivity contribution is -0.133. The Morgan fingerprint density at radius 1 is 1.10 bits per heavy atom. The van der Waals surface area contributed by atoms with E-state index in [1.165, 1.54) is 5.56 Å². The summed E-state index contributed by atoms with van der Waals surface area (Å²) in [6, 6.07) is 8.50. The highest BCUT2D eigenvalue weighted by Gasteiger charge is 2.27. The number of rotatable bonds is 6. The van der Waals surface area contributed by atoms with E-state index in [1.807, 2.05) is 18.7 Å². The molecule has 2 fully saturated rings. The molecule has 0 spiro atoms. The number of likely N-dealkylation sites (tertiary alicyclic amines) is 1. The minimum Gasteiger partial charge on any atom is -0.443 e. The van der Waals surface area contributed by atoms with E-state index in [2.05, 4.69) is 41.1 Å². The first-order valence-corrected chi connectivity index (χ1v) is 11.0. The largest absolute Gasteiger partial charge is 0.443 e. The average molecular weight is 417 g/mol. The molecule has 0 saturated carbocycles. The lowest BCUT2D eigenvalue weighted by Gasteiger charge is -2.36. The van der Waals surface area contributed by atoms with Crippen LogP contribution in [-0.4, -0.2) is 85.2 Å². The molecule has 2 aliphatic heterocycles. The predicted octanol–water partition coefficient (Wildman–Crippen LogP) is 2.06. The molecule has 30 heavy (non-hydrogen) atoms. The normalized spacial score (nSPS) is 19.6. The Morgan fingerprint density at radius 3 is 2.40 bits per heavy atom. The number of nitrogens with zero attached hydrogens (tertiary/aromatic N) is 3. The first-order valence-electron chi connectivity index (χ1n) is 11.0. The molecular weight excluding hydrogens is 380 g/mol. The van der Waals surface area contributed by atoms with Crippen LogP contribution in [0.5, 0.6) is 0 Å². The Hall–Kier alpha value is -2.12. The summed E-state index contributed by atoms with van der Waals surface area (Å²) >= 11 is 0. The third kappa shape index (κ3) is 6.44. The number of amides is 2. The highest BCUT2D eigenvalue weighted by molar-refractivity contribution is 5.78. The van der Waals surface area contributed by atoms with Crippen molar-refractivity contribution in [1.82, 2.24) is 14.7 Å². The number of benzene rings is 1. The van der Waals surface area contributed by atoms with E-state index in [-0.39, 0.29) is 5.91 Å². The fourth-order valence-corrected chi connectivity index (χ4v) is 4.52. The third-order valence-electron chi connectivity index (χ3n) is 6.23. The number of carbonyl (C=O) groups is 2. The molecule has 0 unspecified atom stereocenters. The van der Waals surface area contributed by atoms with Gasteiger partial charge in [-0.15, -0.1) is 0 Å². The van der Waals surface area contributed by atoms with Crippen molar-refractivity contribution in [1.29, 1.82) is 0 Å². The van der Waals surface area contributed by atoms with Gasteiger partial charge in [-0.3, -0.25) is 9.69 Å². The number of likely N-dealkylation sites (N-methyl/N-ethyl adjacent to an activating group) is 1. The number of primary amides is 1. The van der Waals surface area contributed by atoms with Crippen LogP contribution >= 0.6 is 0 Å². The van der Waals surface area contributed by atoms with Crippen LogP contribution in [0.4, 0.5) is 4.79 Å². The number of hydrogen-bond donors (Lipinski definition) is 1. The quantitative estimate of drug-likeness (QED) is 0.768. The summed E-state index contributed by atoms with van der Waals surface area (Å²) in [5.74, 6) is 0.718. The molecule has 1 aromatic rings. The molecule has 0 bridgehead atoms. The van der Waals surface area contributed by atoms with Crippen molar-refractivity contribution in [2.75, 3.05) is 52.9 Å². The van der Waals surface area contributed by atoms with Gasteiger partial charge in [0.05, 0.1) is 6.54 Å². The second kappa shape index (κ2) is 9.79. The molecule has 2 saturated heterocycles. The summed E-state index contributed by atoms with van der Waals surface area (Å²) in [4.78, 5) is 30.4. The van der Waals surface area contributed by atoms with Crippen molar-refractivity contribution in [2.45, 2.75) is 44.6 Å². The Morgan fingerprint density at radius 2 is 1.77 bits per heavy atom. The standard InChI is InChI=1S/C23H36N4O3/c1-23(2,30-22(24)29)16-18-5-4-6-20(15-18)19-7-9-27(10-8-19)21(28)17-26-13-11-25(3)12-14-26/h4-6,15,19H,7-14,16-17H2,1-3H3,(H2,24,29). The summed E-state index contributed by atoms with van der Waals surface area (Å²) in [6.45, 7) is 9.94. The number of carbonyl (C=O) groups excluding carboxylic acids is 2. The molecule has 1 aromatic carbocycles. The number of nitrogens with two attached hydrogens (primary N) is 1. The fourth-order valence-electron chi connectivity index (χ4n) is 4.52. The van der Waals surface area contributed by atoms with Crippen LogP contribution < -0.4 is 5.73 Å². The zero-order valence-corrected chi connectivity index (χ0v) is 18.6. The van der Waals surface area contributed by atoms with Gasteiger partial charge in [0, 0.05) is 45.7 Å². The highest BCUT2D eigenvalue weighted by atomic mass is 16.6. The van der Waals surface area contributed by atoms with E-state index in [1.54, 1.807) is 0 Å². The lowest BCUT2D eigenvalue weighted by Crippen LogP contribution is -2.50. The third-order valence-corrected chi connectivity index (χ3v) is 6.23. The monoisotopic (exact) mass is 416 g/mol. The van der Waals surface area contributed by atoms with E-state index < -0.39 is 11.7 Å². The second-order valence-corrected chi connectivity index (χ2v) is 9.34. The van der Waals surface area contributed by atoms with E-state index in [9.17, 15) is 9.59 Å². The zero-order chi connectivity index (χ0) is 21.7. The number of ether oxygens (including phenoxy) is 1. The number of piperazine rings is 1. The van der Waals surface area contributed by atoms with Gasteiger partial charge in [-0.2, -0.15) is 0 Å². The summed E-state index contributed by atoms with van der Waals surface area (Å²) in [5.41, 5.74) is 6.98. The average Bonchev–Trinajstić information content (AvgIpc) is 2.68. The van der Waals surface area contributed by atoms with Crippen LogP contribution in [0, 0.1) is 0 Å². The van der Waals surface area contributed by atoms with Gasteiger partial charge in [0.2, 0.25) is 5.91 Å². The first kappa shape index (κ1) is 22.6. The molecule has 0 atom stereocenters. The van der Waals surface area contributed by atoms with Crippen molar-refractivity contribution in [3.8, 4) is 0 Å². The molecule has 166 valence electrons. The Balaban J connectivity index is 1.51. The van der Waals surface area contributed by atoms with Crippen molar-refractivity contribution in [3.63, 3.8) is 0 Å². The minimum atomic E-state index is -0.746. The molecule has 2 N–H and O–H groups in total. The number of hydrogen-bond acceptors (Lipinski definition) is 5. The summed E-state index contributed by atoms with van der Waals surface area (Å²) in [5, 5.41) is 0. The summed E-state index contributed by atoms with van der Waals surface area (Å²) in [7, 11) is 2.13. The summed E-state index contributed by atoms with van der Waals surface area (Å²) < 4.78 is 5.22. The van der Waals surface area contributed by atoms with Crippen LogP contribution in [0.2, 0.25) is 0 Å². The van der Waals surface area contributed by atoms with Gasteiger partial charge in [0.15, 0.2) is 0 Å². The highest BCUT2D eigenvalue weighted by Crippen LogP contribution is 2.29. The van der Waals surface area contributed by atoms with Crippen LogP contribution in [0.25, 0.3) is 0 Å². The van der Waals surface area contributed by atoms with Crippen molar-refractivity contribution in [3.05, 3.63) is 35.4 Å². The Labute approximate surface area is 180 Å². The molecule has 7 heteroatoms. The fraction of sp³-hybridized carbons (Fsp3) is 0.652. The Bertz CT molecular complexity index is 736. The van der Waals surface area contributed by atoms with E-state index in [0.717, 1.165) is 57.7 Å². The molecule has 0 radical (unpaired) electrons. The second-order valence-electron chi connectivity index (χ2n) is 9.34. The molecule has 2 aliphatic rings. The molecule has 3 rings (SSSR count). The van der Waals surface area contributed by atoms with Gasteiger partial charge in [-0.25, -0.2) is 4.79 Å². The minimum absolute atomic E-state index is 0.261. The van der Waals surface area contributed by atoms with Crippen molar-refractivity contribution in [2.24, 2.45) is 5.73 Å². The first-order chi connectivity index (χ1) is 14.2. The maximum Gasteiger partial charge on any atom is 0.405 e. The molecule has 2 amide bonds. The summed E-state index contributed by atoms with van der Waals surface area (Å²) in [6.07, 6.45) is 1.84. The van der Waals surface area contributed by atoms with Crippen LogP contribution in [0.15, 0.2) is 24.3 Å². The topological polar surface area (TPSA) is 79.1 Å². The van der Waals surface area contributed by atoms with E-state index in [0.29, 0.717) is 18.9 Å². The molecule has 0 aliphatic carbocycles. The molecule has 2 heterocycles. The Kier molecular flexibility index (Phi) is 7.36. The lowest BCUT2D eigenvalue weighted by atomic mass is 9.87. The van der Waals surface area contributed by atoms with E-state index in [4.69, 9.17) is 10.5 Å². The number of piperidine rings is 1.